The summed E-state index contributed by atoms with van der Waals surface area (Å²) in [7, 11) is 0. The van der Waals surface area contributed by atoms with Crippen molar-refractivity contribution in [3.63, 3.8) is 0 Å². The molecule has 2 fully saturated rings. The maximum Gasteiger partial charge on any atom is 0.227 e. The first-order valence-electron chi connectivity index (χ1n) is 9.57. The number of benzene rings is 1. The highest BCUT2D eigenvalue weighted by Gasteiger charge is 2.52. The van der Waals surface area contributed by atoms with Gasteiger partial charge in [-0.25, -0.2) is 0 Å². The summed E-state index contributed by atoms with van der Waals surface area (Å²) in [6, 6.07) is 13.5. The summed E-state index contributed by atoms with van der Waals surface area (Å²) >= 11 is 0. The number of pyridine rings is 1. The first-order chi connectivity index (χ1) is 13.2. The lowest BCUT2D eigenvalue weighted by molar-refractivity contribution is -0.151. The minimum Gasteiger partial charge on any atom is -0.394 e. The van der Waals surface area contributed by atoms with Crippen LogP contribution in [-0.2, 0) is 4.79 Å². The molecule has 1 amide bonds. The number of amides is 1. The van der Waals surface area contributed by atoms with Crippen LogP contribution in [0.2, 0.25) is 0 Å². The number of likely N-dealkylation sites (tertiary alicyclic amines) is 1. The van der Waals surface area contributed by atoms with E-state index in [2.05, 4.69) is 11.1 Å². The Kier molecular flexibility index (Phi) is 4.91. The molecule has 1 saturated carbocycles. The number of hydrogen-bond donors (Lipinski definition) is 1. The number of hydrogen-bond acceptors (Lipinski definition) is 4. The van der Waals surface area contributed by atoms with E-state index in [0.29, 0.717) is 0 Å². The lowest BCUT2D eigenvalue weighted by atomic mass is 9.74. The minimum atomic E-state index is -0.498. The second kappa shape index (κ2) is 7.50. The number of nitriles is 1. The fraction of sp³-hybridized carbons (Fsp3) is 0.409. The molecule has 0 spiro atoms. The molecule has 5 nitrogen and oxygen atoms in total. The lowest BCUT2D eigenvalue weighted by Gasteiger charge is -2.52. The average Bonchev–Trinajstić information content (AvgIpc) is 3.24. The third-order valence-corrected chi connectivity index (χ3v) is 6.00. The van der Waals surface area contributed by atoms with Gasteiger partial charge in [-0.15, -0.1) is 0 Å². The van der Waals surface area contributed by atoms with E-state index >= 15 is 0 Å². The molecular weight excluding hydrogens is 338 g/mol. The Morgan fingerprint density at radius 1 is 1.11 bits per heavy atom. The van der Waals surface area contributed by atoms with Crippen molar-refractivity contribution >= 4 is 5.91 Å². The van der Waals surface area contributed by atoms with Crippen LogP contribution >= 0.6 is 0 Å². The van der Waals surface area contributed by atoms with Gasteiger partial charge in [0.15, 0.2) is 0 Å². The van der Waals surface area contributed by atoms with Crippen LogP contribution in [0.4, 0.5) is 0 Å². The van der Waals surface area contributed by atoms with Crippen molar-refractivity contribution in [1.29, 1.82) is 5.26 Å². The Bertz CT molecular complexity index is 838. The topological polar surface area (TPSA) is 77.2 Å². The SMILES string of the molecule is N#C[C@H]1[C@@H](c2ccc(-c3ccncc3)cc2)[C@@H](CO)N1C(=O)C1CCCC1. The summed E-state index contributed by atoms with van der Waals surface area (Å²) in [5.74, 6) is -0.0792. The summed E-state index contributed by atoms with van der Waals surface area (Å²) in [4.78, 5) is 18.5. The Balaban J connectivity index is 1.56. The molecule has 0 bridgehead atoms. The van der Waals surface area contributed by atoms with Gasteiger partial charge in [0.2, 0.25) is 5.91 Å². The van der Waals surface area contributed by atoms with E-state index in [1.54, 1.807) is 17.3 Å². The quantitative estimate of drug-likeness (QED) is 0.908. The molecule has 3 atom stereocenters. The Hall–Kier alpha value is -2.71. The normalized spacial score (nSPS) is 25.0. The molecular formula is C22H23N3O2. The number of nitrogens with zero attached hydrogens (tertiary/aromatic N) is 3. The highest BCUT2D eigenvalue weighted by atomic mass is 16.3. The molecule has 1 aromatic carbocycles. The fourth-order valence-corrected chi connectivity index (χ4v) is 4.54. The van der Waals surface area contributed by atoms with Crippen LogP contribution in [0, 0.1) is 17.2 Å². The van der Waals surface area contributed by atoms with Crippen LogP contribution < -0.4 is 0 Å². The van der Waals surface area contributed by atoms with Gasteiger partial charge in [-0.1, -0.05) is 37.1 Å². The number of carbonyl (C=O) groups excluding carboxylic acids is 1. The fourth-order valence-electron chi connectivity index (χ4n) is 4.54. The lowest BCUT2D eigenvalue weighted by Crippen LogP contribution is -2.66. The molecule has 27 heavy (non-hydrogen) atoms. The van der Waals surface area contributed by atoms with E-state index in [1.807, 2.05) is 36.4 Å². The third-order valence-electron chi connectivity index (χ3n) is 6.00. The molecule has 1 aromatic heterocycles. The van der Waals surface area contributed by atoms with Gasteiger partial charge < -0.3 is 10.0 Å². The van der Waals surface area contributed by atoms with Crippen LogP contribution in [0.15, 0.2) is 48.8 Å². The van der Waals surface area contributed by atoms with Gasteiger partial charge in [-0.3, -0.25) is 9.78 Å². The average molecular weight is 361 g/mol. The van der Waals surface area contributed by atoms with Crippen molar-refractivity contribution in [2.45, 2.75) is 43.7 Å². The second-order valence-corrected chi connectivity index (χ2v) is 7.43. The van der Waals surface area contributed by atoms with Gasteiger partial charge in [0.25, 0.3) is 0 Å². The van der Waals surface area contributed by atoms with Crippen molar-refractivity contribution in [3.8, 4) is 17.2 Å². The maximum atomic E-state index is 12.8. The summed E-state index contributed by atoms with van der Waals surface area (Å²) in [6.07, 6.45) is 7.47. The van der Waals surface area contributed by atoms with Crippen molar-refractivity contribution in [2.75, 3.05) is 6.61 Å². The van der Waals surface area contributed by atoms with Crippen molar-refractivity contribution in [2.24, 2.45) is 5.92 Å². The van der Waals surface area contributed by atoms with E-state index in [9.17, 15) is 15.2 Å². The van der Waals surface area contributed by atoms with Gasteiger partial charge in [0.05, 0.1) is 18.7 Å². The molecule has 0 radical (unpaired) electrons. The monoisotopic (exact) mass is 361 g/mol. The van der Waals surface area contributed by atoms with Crippen LogP contribution in [0.25, 0.3) is 11.1 Å². The smallest absolute Gasteiger partial charge is 0.227 e. The van der Waals surface area contributed by atoms with Gasteiger partial charge in [0, 0.05) is 24.2 Å². The van der Waals surface area contributed by atoms with Crippen LogP contribution in [0.5, 0.6) is 0 Å². The molecule has 5 heteroatoms. The zero-order chi connectivity index (χ0) is 18.8. The Morgan fingerprint density at radius 2 is 1.74 bits per heavy atom. The van der Waals surface area contributed by atoms with Crippen molar-refractivity contribution in [3.05, 3.63) is 54.4 Å². The predicted molar refractivity (Wildman–Crippen MR) is 101 cm³/mol. The van der Waals surface area contributed by atoms with Crippen LogP contribution in [0.1, 0.15) is 37.2 Å². The molecule has 4 rings (SSSR count). The molecule has 1 N–H and O–H groups in total. The summed E-state index contributed by atoms with van der Waals surface area (Å²) in [5, 5.41) is 19.6. The molecule has 2 aromatic rings. The van der Waals surface area contributed by atoms with E-state index in [0.717, 1.165) is 42.4 Å². The maximum absolute atomic E-state index is 12.8. The van der Waals surface area contributed by atoms with Gasteiger partial charge in [-0.05, 0) is 41.7 Å². The minimum absolute atomic E-state index is 0.0184. The van der Waals surface area contributed by atoms with Crippen molar-refractivity contribution < 1.29 is 9.90 Å². The van der Waals surface area contributed by atoms with Crippen LogP contribution in [-0.4, -0.2) is 39.6 Å². The van der Waals surface area contributed by atoms with E-state index < -0.39 is 6.04 Å². The number of aromatic nitrogens is 1. The molecule has 1 aliphatic carbocycles. The molecule has 138 valence electrons. The molecule has 2 heterocycles. The number of aliphatic hydroxyl groups is 1. The van der Waals surface area contributed by atoms with Gasteiger partial charge >= 0.3 is 0 Å². The predicted octanol–water partition coefficient (Wildman–Crippen LogP) is 3.12. The Labute approximate surface area is 159 Å². The molecule has 1 aliphatic heterocycles. The molecule has 1 saturated heterocycles. The van der Waals surface area contributed by atoms with Crippen molar-refractivity contribution in [1.82, 2.24) is 9.88 Å². The number of rotatable bonds is 4. The second-order valence-electron chi connectivity index (χ2n) is 7.43. The zero-order valence-corrected chi connectivity index (χ0v) is 15.2. The number of carbonyl (C=O) groups is 1. The van der Waals surface area contributed by atoms with E-state index in [4.69, 9.17) is 0 Å². The largest absolute Gasteiger partial charge is 0.394 e. The van der Waals surface area contributed by atoms with Gasteiger partial charge in [0.1, 0.15) is 6.04 Å². The molecule has 0 unspecified atom stereocenters. The van der Waals surface area contributed by atoms with E-state index in [-0.39, 0.29) is 30.4 Å². The Morgan fingerprint density at radius 3 is 2.33 bits per heavy atom. The van der Waals surface area contributed by atoms with Crippen LogP contribution in [0.3, 0.4) is 0 Å². The molecule has 2 aliphatic rings. The highest BCUT2D eigenvalue weighted by Crippen LogP contribution is 2.43. The summed E-state index contributed by atoms with van der Waals surface area (Å²) < 4.78 is 0. The zero-order valence-electron chi connectivity index (χ0n) is 15.2. The summed E-state index contributed by atoms with van der Waals surface area (Å²) in [5.41, 5.74) is 3.15. The third kappa shape index (κ3) is 3.11. The highest BCUT2D eigenvalue weighted by molar-refractivity contribution is 5.82. The summed E-state index contributed by atoms with van der Waals surface area (Å²) in [6.45, 7) is -0.118. The first kappa shape index (κ1) is 17.7. The van der Waals surface area contributed by atoms with E-state index in [1.165, 1.54) is 0 Å². The number of aliphatic hydroxyl groups excluding tert-OH is 1. The first-order valence-corrected chi connectivity index (χ1v) is 9.57. The standard InChI is InChI=1S/C22H23N3O2/c23-13-19-21(20(14-26)25(19)22(27)18-3-1-2-4-18)17-7-5-15(6-8-17)16-9-11-24-12-10-16/h5-12,18-21,26H,1-4,14H2/t19-,20+,21+/m0/s1. The van der Waals surface area contributed by atoms with Gasteiger partial charge in [-0.2, -0.15) is 5.26 Å².